The van der Waals surface area contributed by atoms with Crippen LogP contribution in [0.2, 0.25) is 0 Å². The molecule has 0 saturated carbocycles. The number of halogens is 2. The fraction of sp³-hybridized carbons (Fsp3) is 0.143. The summed E-state index contributed by atoms with van der Waals surface area (Å²) < 4.78 is 38.1. The minimum atomic E-state index is -0.876. The van der Waals surface area contributed by atoms with Gasteiger partial charge in [0.1, 0.15) is 12.4 Å². The number of ether oxygens (including phenoxy) is 1. The second kappa shape index (κ2) is 6.32. The van der Waals surface area contributed by atoms with Gasteiger partial charge in [-0.05, 0) is 6.07 Å². The van der Waals surface area contributed by atoms with E-state index in [9.17, 15) is 18.4 Å². The molecule has 2 heterocycles. The molecule has 0 spiro atoms. The van der Waals surface area contributed by atoms with Crippen molar-refractivity contribution in [3.05, 3.63) is 46.6 Å². The van der Waals surface area contributed by atoms with Crippen molar-refractivity contribution in [1.29, 1.82) is 0 Å². The van der Waals surface area contributed by atoms with Crippen molar-refractivity contribution in [3.63, 3.8) is 0 Å². The molecule has 1 amide bonds. The summed E-state index contributed by atoms with van der Waals surface area (Å²) in [6.07, 6.45) is 1.27. The highest BCUT2D eigenvalue weighted by molar-refractivity contribution is 7.16. The average Bonchev–Trinajstić information content (AvgIpc) is 3.16. The fourth-order valence-electron chi connectivity index (χ4n) is 2.02. The van der Waals surface area contributed by atoms with Gasteiger partial charge >= 0.3 is 11.9 Å². The summed E-state index contributed by atoms with van der Waals surface area (Å²) in [7, 11) is 1.17. The van der Waals surface area contributed by atoms with Crippen LogP contribution >= 0.6 is 11.3 Å². The Hall–Kier alpha value is -2.88. The summed E-state index contributed by atoms with van der Waals surface area (Å²) in [5, 5.41) is 3.39. The van der Waals surface area contributed by atoms with Crippen molar-refractivity contribution in [2.24, 2.45) is 4.99 Å². The van der Waals surface area contributed by atoms with Crippen LogP contribution in [0.3, 0.4) is 0 Å². The molecular weight excluding hydrogens is 344 g/mol. The molecule has 2 aromatic heterocycles. The van der Waals surface area contributed by atoms with E-state index in [4.69, 9.17) is 4.52 Å². The number of hydrogen-bond donors (Lipinski definition) is 0. The number of esters is 1. The fourth-order valence-corrected chi connectivity index (χ4v) is 3.09. The molecule has 0 saturated heterocycles. The lowest BCUT2D eigenvalue weighted by molar-refractivity contribution is -0.141. The molecule has 0 aliphatic carbocycles. The number of hydrogen-bond acceptors (Lipinski definition) is 6. The predicted molar refractivity (Wildman–Crippen MR) is 78.1 cm³/mol. The molecular formula is C14H9F2N3O4S. The Morgan fingerprint density at radius 2 is 2.21 bits per heavy atom. The van der Waals surface area contributed by atoms with Crippen molar-refractivity contribution < 1.29 is 27.6 Å². The highest BCUT2D eigenvalue weighted by Gasteiger charge is 2.17. The number of fused-ring (bicyclic) bond motifs is 1. The number of methoxy groups -OCH3 is 1. The van der Waals surface area contributed by atoms with Crippen LogP contribution in [0.4, 0.5) is 8.78 Å². The quantitative estimate of drug-likeness (QED) is 0.671. The maximum absolute atomic E-state index is 14.1. The normalized spacial score (nSPS) is 11.9. The Morgan fingerprint density at radius 1 is 1.42 bits per heavy atom. The van der Waals surface area contributed by atoms with E-state index in [0.29, 0.717) is 6.07 Å². The van der Waals surface area contributed by atoms with E-state index in [1.807, 2.05) is 0 Å². The van der Waals surface area contributed by atoms with Crippen molar-refractivity contribution in [2.75, 3.05) is 7.11 Å². The van der Waals surface area contributed by atoms with E-state index in [0.717, 1.165) is 22.0 Å². The van der Waals surface area contributed by atoms with Gasteiger partial charge in [0.25, 0.3) is 0 Å². The third kappa shape index (κ3) is 2.95. The molecule has 0 atom stereocenters. The standard InChI is InChI=1S/C14H9F2N3O4S/c1-22-11(20)6-19-12-8(16)4-7(15)5-10(12)24-14(19)18-13(21)9-2-3-17-23-9/h2-5H,6H2,1H3. The maximum Gasteiger partial charge on any atom is 0.325 e. The monoisotopic (exact) mass is 353 g/mol. The van der Waals surface area contributed by atoms with Crippen molar-refractivity contribution in [3.8, 4) is 0 Å². The van der Waals surface area contributed by atoms with Crippen LogP contribution in [0.15, 0.2) is 33.9 Å². The number of nitrogens with zero attached hydrogens (tertiary/aromatic N) is 3. The van der Waals surface area contributed by atoms with E-state index in [1.165, 1.54) is 19.4 Å². The van der Waals surface area contributed by atoms with Gasteiger partial charge in [0.05, 0.1) is 23.5 Å². The first kappa shape index (κ1) is 16.0. The highest BCUT2D eigenvalue weighted by Crippen LogP contribution is 2.22. The minimum Gasteiger partial charge on any atom is -0.468 e. The van der Waals surface area contributed by atoms with Gasteiger partial charge in [-0.2, -0.15) is 4.99 Å². The van der Waals surface area contributed by atoms with Gasteiger partial charge in [0.15, 0.2) is 10.6 Å². The molecule has 0 bridgehead atoms. The zero-order chi connectivity index (χ0) is 17.3. The summed E-state index contributed by atoms with van der Waals surface area (Å²) >= 11 is 0.856. The summed E-state index contributed by atoms with van der Waals surface area (Å²) in [5.74, 6) is -3.22. The van der Waals surface area contributed by atoms with Gasteiger partial charge in [-0.15, -0.1) is 0 Å². The minimum absolute atomic E-state index is 0.00120. The highest BCUT2D eigenvalue weighted by atomic mass is 32.1. The zero-order valence-electron chi connectivity index (χ0n) is 12.2. The first-order valence-corrected chi connectivity index (χ1v) is 7.36. The van der Waals surface area contributed by atoms with Gasteiger partial charge < -0.3 is 13.8 Å². The average molecular weight is 353 g/mol. The van der Waals surface area contributed by atoms with Crippen LogP contribution in [0, 0.1) is 11.6 Å². The summed E-state index contributed by atoms with van der Waals surface area (Å²) in [5.41, 5.74) is -0.0454. The summed E-state index contributed by atoms with van der Waals surface area (Å²) in [6, 6.07) is 3.09. The Bertz CT molecular complexity index is 992. The van der Waals surface area contributed by atoms with Crippen LogP contribution in [0.5, 0.6) is 0 Å². The second-order valence-electron chi connectivity index (χ2n) is 4.57. The van der Waals surface area contributed by atoms with Crippen LogP contribution < -0.4 is 4.80 Å². The Kier molecular flexibility index (Phi) is 4.21. The predicted octanol–water partition coefficient (Wildman–Crippen LogP) is 1.88. The first-order valence-electron chi connectivity index (χ1n) is 6.54. The van der Waals surface area contributed by atoms with Gasteiger partial charge in [-0.1, -0.05) is 16.5 Å². The number of thiazole rings is 1. The molecule has 7 nitrogen and oxygen atoms in total. The third-order valence-corrected chi connectivity index (χ3v) is 4.08. The smallest absolute Gasteiger partial charge is 0.325 e. The number of rotatable bonds is 3. The topological polar surface area (TPSA) is 86.7 Å². The molecule has 1 aromatic carbocycles. The molecule has 0 fully saturated rings. The molecule has 0 N–H and O–H groups in total. The largest absolute Gasteiger partial charge is 0.468 e. The Labute approximate surface area is 136 Å². The lowest BCUT2D eigenvalue weighted by Crippen LogP contribution is -2.22. The molecule has 0 radical (unpaired) electrons. The maximum atomic E-state index is 14.1. The lowest BCUT2D eigenvalue weighted by atomic mass is 10.3. The van der Waals surface area contributed by atoms with Crippen LogP contribution in [-0.2, 0) is 16.1 Å². The first-order chi connectivity index (χ1) is 11.5. The van der Waals surface area contributed by atoms with Gasteiger partial charge in [-0.3, -0.25) is 9.59 Å². The van der Waals surface area contributed by atoms with Crippen LogP contribution in [0.25, 0.3) is 10.2 Å². The van der Waals surface area contributed by atoms with E-state index < -0.39 is 23.5 Å². The van der Waals surface area contributed by atoms with E-state index in [1.54, 1.807) is 0 Å². The number of benzene rings is 1. The molecule has 3 aromatic rings. The molecule has 24 heavy (non-hydrogen) atoms. The van der Waals surface area contributed by atoms with Gasteiger partial charge in [0.2, 0.25) is 5.76 Å². The zero-order valence-corrected chi connectivity index (χ0v) is 13.0. The molecule has 124 valence electrons. The third-order valence-electron chi connectivity index (χ3n) is 3.06. The van der Waals surface area contributed by atoms with E-state index in [-0.39, 0.29) is 27.3 Å². The molecule has 0 aliphatic rings. The SMILES string of the molecule is COC(=O)Cn1c(=NC(=O)c2ccno2)sc2cc(F)cc(F)c21. The molecule has 0 unspecified atom stereocenters. The number of amides is 1. The molecule has 0 aliphatic heterocycles. The lowest BCUT2D eigenvalue weighted by Gasteiger charge is -2.04. The van der Waals surface area contributed by atoms with Crippen molar-refractivity contribution >= 4 is 33.4 Å². The molecule has 10 heteroatoms. The second-order valence-corrected chi connectivity index (χ2v) is 5.58. The van der Waals surface area contributed by atoms with Crippen molar-refractivity contribution in [2.45, 2.75) is 6.54 Å². The summed E-state index contributed by atoms with van der Waals surface area (Å²) in [6.45, 7) is -0.387. The van der Waals surface area contributed by atoms with E-state index in [2.05, 4.69) is 14.9 Å². The summed E-state index contributed by atoms with van der Waals surface area (Å²) in [4.78, 5) is 27.4. The van der Waals surface area contributed by atoms with Crippen molar-refractivity contribution in [1.82, 2.24) is 9.72 Å². The van der Waals surface area contributed by atoms with Gasteiger partial charge in [0, 0.05) is 12.1 Å². The molecule has 3 rings (SSSR count). The van der Waals surface area contributed by atoms with Crippen LogP contribution in [0.1, 0.15) is 10.6 Å². The number of carbonyl (C=O) groups is 2. The number of carbonyl (C=O) groups excluding carboxylic acids is 2. The van der Waals surface area contributed by atoms with Gasteiger partial charge in [-0.25, -0.2) is 8.78 Å². The van der Waals surface area contributed by atoms with Crippen LogP contribution in [-0.4, -0.2) is 28.7 Å². The number of aromatic nitrogens is 2. The Morgan fingerprint density at radius 3 is 2.88 bits per heavy atom. The Balaban J connectivity index is 2.22. The van der Waals surface area contributed by atoms with E-state index >= 15 is 0 Å².